The molecule has 2 aromatic rings. The van der Waals surface area contributed by atoms with Gasteiger partial charge in [-0.1, -0.05) is 23.9 Å². The Morgan fingerprint density at radius 1 is 1.50 bits per heavy atom. The molecule has 1 aromatic carbocycles. The Hall–Kier alpha value is -2.22. The lowest BCUT2D eigenvalue weighted by Crippen LogP contribution is -2.18. The molecule has 0 atom stereocenters. The lowest BCUT2D eigenvalue weighted by Gasteiger charge is -2.09. The molecule has 7 nitrogen and oxygen atoms in total. The van der Waals surface area contributed by atoms with E-state index in [1.165, 1.54) is 11.8 Å². The third kappa shape index (κ3) is 3.16. The molecule has 0 aliphatic heterocycles. The van der Waals surface area contributed by atoms with Gasteiger partial charge in [0.25, 0.3) is 0 Å². The van der Waals surface area contributed by atoms with Crippen molar-refractivity contribution in [1.82, 2.24) is 14.8 Å². The number of H-pyrrole nitrogens is 1. The number of amides is 1. The van der Waals surface area contributed by atoms with Gasteiger partial charge in [0.05, 0.1) is 18.6 Å². The normalized spacial score (nSPS) is 13.9. The highest BCUT2D eigenvalue weighted by Crippen LogP contribution is 2.36. The first-order chi connectivity index (χ1) is 10.7. The fourth-order valence-electron chi connectivity index (χ4n) is 2.11. The van der Waals surface area contributed by atoms with Crippen LogP contribution >= 0.6 is 11.8 Å². The molecule has 1 saturated carbocycles. The highest BCUT2D eigenvalue weighted by Gasteiger charge is 2.28. The maximum atomic E-state index is 12.0. The van der Waals surface area contributed by atoms with Crippen LogP contribution in [0.1, 0.15) is 18.9 Å². The lowest BCUT2D eigenvalue weighted by molar-refractivity contribution is -0.113. The predicted molar refractivity (Wildman–Crippen MR) is 83.5 cm³/mol. The molecule has 8 heteroatoms. The first-order valence-corrected chi connectivity index (χ1v) is 7.90. The number of methoxy groups -OCH3 is 1. The van der Waals surface area contributed by atoms with Gasteiger partial charge in [0.1, 0.15) is 5.75 Å². The number of carbonyl (C=O) groups is 1. The maximum Gasteiger partial charge on any atom is 0.344 e. The van der Waals surface area contributed by atoms with Crippen LogP contribution in [-0.2, 0) is 4.79 Å². The van der Waals surface area contributed by atoms with Gasteiger partial charge in [-0.25, -0.2) is 9.89 Å². The summed E-state index contributed by atoms with van der Waals surface area (Å²) in [6.07, 6.45) is 1.97. The minimum absolute atomic E-state index is 0.174. The third-order valence-corrected chi connectivity index (χ3v) is 4.25. The van der Waals surface area contributed by atoms with Crippen molar-refractivity contribution in [1.29, 1.82) is 0 Å². The van der Waals surface area contributed by atoms with E-state index in [0.29, 0.717) is 16.6 Å². The minimum Gasteiger partial charge on any atom is -0.495 e. The standard InChI is InChI=1S/C14H16N4O3S/c1-21-11-5-3-2-4-10(11)15-12(19)8-22-14-17-16-13(20)18(14)9-6-7-9/h2-5,9H,6-8H2,1H3,(H,15,19)(H,16,20). The van der Waals surface area contributed by atoms with E-state index in [9.17, 15) is 9.59 Å². The Morgan fingerprint density at radius 2 is 2.27 bits per heavy atom. The fourth-order valence-corrected chi connectivity index (χ4v) is 2.92. The zero-order valence-corrected chi connectivity index (χ0v) is 12.9. The van der Waals surface area contributed by atoms with E-state index in [1.54, 1.807) is 23.8 Å². The molecule has 1 heterocycles. The molecule has 1 aromatic heterocycles. The number of thioether (sulfide) groups is 1. The summed E-state index contributed by atoms with van der Waals surface area (Å²) in [7, 11) is 1.55. The summed E-state index contributed by atoms with van der Waals surface area (Å²) in [6.45, 7) is 0. The second-order valence-corrected chi connectivity index (χ2v) is 5.89. The van der Waals surface area contributed by atoms with Gasteiger partial charge in [-0.05, 0) is 25.0 Å². The first-order valence-electron chi connectivity index (χ1n) is 6.91. The number of para-hydroxylation sites is 2. The number of aromatic nitrogens is 3. The molecular weight excluding hydrogens is 304 g/mol. The van der Waals surface area contributed by atoms with Crippen LogP contribution in [-0.4, -0.2) is 33.5 Å². The zero-order chi connectivity index (χ0) is 15.5. The average Bonchev–Trinajstić information content (AvgIpc) is 3.29. The number of rotatable bonds is 6. The number of ether oxygens (including phenoxy) is 1. The van der Waals surface area contributed by atoms with E-state index in [-0.39, 0.29) is 23.4 Å². The molecule has 1 fully saturated rings. The van der Waals surface area contributed by atoms with Crippen molar-refractivity contribution in [3.63, 3.8) is 0 Å². The van der Waals surface area contributed by atoms with Gasteiger partial charge in [-0.3, -0.25) is 9.36 Å². The average molecular weight is 320 g/mol. The van der Waals surface area contributed by atoms with E-state index in [2.05, 4.69) is 15.5 Å². The van der Waals surface area contributed by atoms with E-state index in [4.69, 9.17) is 4.74 Å². The topological polar surface area (TPSA) is 89.0 Å². The number of carbonyl (C=O) groups excluding carboxylic acids is 1. The van der Waals surface area contributed by atoms with Gasteiger partial charge in [-0.15, -0.1) is 5.10 Å². The van der Waals surface area contributed by atoms with Gasteiger partial charge in [-0.2, -0.15) is 0 Å². The predicted octanol–water partition coefficient (Wildman–Crippen LogP) is 1.65. The SMILES string of the molecule is COc1ccccc1NC(=O)CSc1n[nH]c(=O)n1C1CC1. The monoisotopic (exact) mass is 320 g/mol. The summed E-state index contributed by atoms with van der Waals surface area (Å²) in [5.74, 6) is 0.609. The van der Waals surface area contributed by atoms with E-state index < -0.39 is 0 Å². The third-order valence-electron chi connectivity index (χ3n) is 3.30. The van der Waals surface area contributed by atoms with Crippen molar-refractivity contribution in [2.45, 2.75) is 24.0 Å². The minimum atomic E-state index is -0.213. The molecule has 3 rings (SSSR count). The Morgan fingerprint density at radius 3 is 3.00 bits per heavy atom. The first kappa shape index (κ1) is 14.7. The molecule has 116 valence electrons. The summed E-state index contributed by atoms with van der Waals surface area (Å²) in [5.41, 5.74) is 0.410. The molecule has 22 heavy (non-hydrogen) atoms. The second-order valence-electron chi connectivity index (χ2n) is 4.95. The van der Waals surface area contributed by atoms with Gasteiger partial charge < -0.3 is 10.1 Å². The Labute approximate surface area is 131 Å². The highest BCUT2D eigenvalue weighted by atomic mass is 32.2. The van der Waals surface area contributed by atoms with Crippen LogP contribution in [0.25, 0.3) is 0 Å². The van der Waals surface area contributed by atoms with Gasteiger partial charge in [0.2, 0.25) is 5.91 Å². The molecule has 1 amide bonds. The molecule has 1 aliphatic rings. The molecular formula is C14H16N4O3S. The van der Waals surface area contributed by atoms with Crippen LogP contribution < -0.4 is 15.7 Å². The molecule has 0 spiro atoms. The fraction of sp³-hybridized carbons (Fsp3) is 0.357. The Bertz CT molecular complexity index is 736. The molecule has 1 aliphatic carbocycles. The van der Waals surface area contributed by atoms with Crippen LogP contribution in [0.2, 0.25) is 0 Å². The van der Waals surface area contributed by atoms with Crippen LogP contribution in [0.4, 0.5) is 5.69 Å². The van der Waals surface area contributed by atoms with Crippen molar-refractivity contribution >= 4 is 23.4 Å². The number of hydrogen-bond acceptors (Lipinski definition) is 5. The molecule has 2 N–H and O–H groups in total. The maximum absolute atomic E-state index is 12.0. The van der Waals surface area contributed by atoms with Crippen molar-refractivity contribution < 1.29 is 9.53 Å². The van der Waals surface area contributed by atoms with Crippen LogP contribution in [0.3, 0.4) is 0 Å². The van der Waals surface area contributed by atoms with Gasteiger partial charge in [0.15, 0.2) is 5.16 Å². The van der Waals surface area contributed by atoms with Crippen LogP contribution in [0.15, 0.2) is 34.2 Å². The van der Waals surface area contributed by atoms with E-state index in [0.717, 1.165) is 12.8 Å². The molecule has 0 radical (unpaired) electrons. The largest absolute Gasteiger partial charge is 0.495 e. The summed E-state index contributed by atoms with van der Waals surface area (Å²) in [6, 6.07) is 7.44. The molecule has 0 saturated heterocycles. The Kier molecular flexibility index (Phi) is 4.19. The number of nitrogens with one attached hydrogen (secondary N) is 2. The second kappa shape index (κ2) is 6.27. The molecule has 0 bridgehead atoms. The Balaban J connectivity index is 1.62. The zero-order valence-electron chi connectivity index (χ0n) is 12.0. The van der Waals surface area contributed by atoms with Gasteiger partial charge in [0, 0.05) is 6.04 Å². The van der Waals surface area contributed by atoms with Crippen LogP contribution in [0.5, 0.6) is 5.75 Å². The van der Waals surface area contributed by atoms with Crippen molar-refractivity contribution in [3.05, 3.63) is 34.7 Å². The van der Waals surface area contributed by atoms with Crippen molar-refractivity contribution in [3.8, 4) is 5.75 Å². The number of benzene rings is 1. The number of anilines is 1. The smallest absolute Gasteiger partial charge is 0.344 e. The quantitative estimate of drug-likeness (QED) is 0.790. The van der Waals surface area contributed by atoms with E-state index in [1.807, 2.05) is 12.1 Å². The van der Waals surface area contributed by atoms with E-state index >= 15 is 0 Å². The summed E-state index contributed by atoms with van der Waals surface area (Å²) >= 11 is 1.24. The summed E-state index contributed by atoms with van der Waals surface area (Å²) in [4.78, 5) is 23.7. The number of hydrogen-bond donors (Lipinski definition) is 2. The highest BCUT2D eigenvalue weighted by molar-refractivity contribution is 7.99. The number of nitrogens with zero attached hydrogens (tertiary/aromatic N) is 2. The van der Waals surface area contributed by atoms with Gasteiger partial charge >= 0.3 is 5.69 Å². The van der Waals surface area contributed by atoms with Crippen molar-refractivity contribution in [2.75, 3.05) is 18.2 Å². The summed E-state index contributed by atoms with van der Waals surface area (Å²) < 4.78 is 6.81. The lowest BCUT2D eigenvalue weighted by atomic mass is 10.3. The van der Waals surface area contributed by atoms with Crippen molar-refractivity contribution in [2.24, 2.45) is 0 Å². The summed E-state index contributed by atoms with van der Waals surface area (Å²) in [5, 5.41) is 9.76. The number of aromatic amines is 1. The molecule has 0 unspecified atom stereocenters. The van der Waals surface area contributed by atoms with Crippen LogP contribution in [0, 0.1) is 0 Å².